The Morgan fingerprint density at radius 1 is 0.939 bits per heavy atom. The van der Waals surface area contributed by atoms with Gasteiger partial charge in [0.1, 0.15) is 5.82 Å². The molecule has 0 radical (unpaired) electrons. The molecular formula is C27H30FN3O2. The van der Waals surface area contributed by atoms with Crippen LogP contribution < -0.4 is 5.32 Å². The Labute approximate surface area is 193 Å². The van der Waals surface area contributed by atoms with Gasteiger partial charge in [0, 0.05) is 54.5 Å². The quantitative estimate of drug-likeness (QED) is 0.754. The van der Waals surface area contributed by atoms with E-state index >= 15 is 0 Å². The predicted molar refractivity (Wildman–Crippen MR) is 125 cm³/mol. The zero-order valence-electron chi connectivity index (χ0n) is 18.9. The van der Waals surface area contributed by atoms with Gasteiger partial charge in [-0.25, -0.2) is 4.39 Å². The van der Waals surface area contributed by atoms with E-state index in [0.717, 1.165) is 68.0 Å². The number of rotatable bonds is 5. The zero-order chi connectivity index (χ0) is 22.5. The molecule has 5 nitrogen and oxygen atoms in total. The van der Waals surface area contributed by atoms with E-state index in [1.807, 2.05) is 18.2 Å². The Balaban J connectivity index is 1.18. The fourth-order valence-electron chi connectivity index (χ4n) is 5.52. The number of halogens is 1. The molecule has 2 aromatic rings. The second kappa shape index (κ2) is 8.24. The summed E-state index contributed by atoms with van der Waals surface area (Å²) in [4.78, 5) is 30.1. The van der Waals surface area contributed by atoms with Gasteiger partial charge in [-0.05, 0) is 67.9 Å². The maximum atomic E-state index is 14.9. The van der Waals surface area contributed by atoms with Gasteiger partial charge in [0.05, 0.1) is 0 Å². The lowest BCUT2D eigenvalue weighted by Gasteiger charge is -2.37. The summed E-state index contributed by atoms with van der Waals surface area (Å²) < 4.78 is 14.9. The Hall–Kier alpha value is -2.73. The first-order chi connectivity index (χ1) is 16.1. The van der Waals surface area contributed by atoms with Gasteiger partial charge in [-0.3, -0.25) is 14.5 Å². The number of likely N-dealkylation sites (tertiary alicyclic amines) is 1. The molecule has 3 fully saturated rings. The highest BCUT2D eigenvalue weighted by Gasteiger charge is 2.37. The van der Waals surface area contributed by atoms with Gasteiger partial charge in [0.25, 0.3) is 11.8 Å². The van der Waals surface area contributed by atoms with Crippen LogP contribution in [0.1, 0.15) is 64.8 Å². The van der Waals surface area contributed by atoms with E-state index in [1.165, 1.54) is 25.3 Å². The van der Waals surface area contributed by atoms with Gasteiger partial charge in [0.2, 0.25) is 0 Å². The summed E-state index contributed by atoms with van der Waals surface area (Å²) in [6.07, 6.45) is 7.78. The Morgan fingerprint density at radius 3 is 2.48 bits per heavy atom. The Morgan fingerprint density at radius 2 is 1.76 bits per heavy atom. The molecule has 2 heterocycles. The molecule has 2 aliphatic heterocycles. The van der Waals surface area contributed by atoms with Crippen LogP contribution in [0.3, 0.4) is 0 Å². The second-order valence-electron chi connectivity index (χ2n) is 10.1. The second-order valence-corrected chi connectivity index (χ2v) is 10.1. The van der Waals surface area contributed by atoms with Crippen LogP contribution in [0.5, 0.6) is 0 Å². The third-order valence-corrected chi connectivity index (χ3v) is 7.90. The number of benzene rings is 2. The number of nitrogens with zero attached hydrogens (tertiary/aromatic N) is 2. The van der Waals surface area contributed by atoms with Crippen LogP contribution >= 0.6 is 0 Å². The molecule has 33 heavy (non-hydrogen) atoms. The molecule has 0 bridgehead atoms. The van der Waals surface area contributed by atoms with Gasteiger partial charge in [-0.1, -0.05) is 24.6 Å². The first-order valence-corrected chi connectivity index (χ1v) is 12.4. The summed E-state index contributed by atoms with van der Waals surface area (Å²) in [7, 11) is 0. The van der Waals surface area contributed by atoms with Crippen molar-refractivity contribution in [3.05, 3.63) is 58.9 Å². The third-order valence-electron chi connectivity index (χ3n) is 7.90. The van der Waals surface area contributed by atoms with Crippen molar-refractivity contribution in [2.45, 2.75) is 63.1 Å². The minimum absolute atomic E-state index is 0.107. The highest BCUT2D eigenvalue weighted by molar-refractivity contribution is 5.98. The molecule has 2 aliphatic carbocycles. The molecule has 1 saturated heterocycles. The van der Waals surface area contributed by atoms with E-state index in [1.54, 1.807) is 12.1 Å². The van der Waals surface area contributed by atoms with Crippen molar-refractivity contribution < 1.29 is 14.0 Å². The molecule has 2 aromatic carbocycles. The van der Waals surface area contributed by atoms with E-state index < -0.39 is 5.82 Å². The number of carbonyl (C=O) groups excluding carboxylic acids is 2. The summed E-state index contributed by atoms with van der Waals surface area (Å²) in [5.74, 6) is -0.526. The predicted octanol–water partition coefficient (Wildman–Crippen LogP) is 4.01. The fourth-order valence-corrected chi connectivity index (χ4v) is 5.52. The first kappa shape index (κ1) is 20.8. The largest absolute Gasteiger partial charge is 0.349 e. The summed E-state index contributed by atoms with van der Waals surface area (Å²) >= 11 is 0. The van der Waals surface area contributed by atoms with E-state index in [-0.39, 0.29) is 17.9 Å². The molecule has 2 amide bonds. The summed E-state index contributed by atoms with van der Waals surface area (Å²) in [6, 6.07) is 11.6. The van der Waals surface area contributed by atoms with E-state index in [9.17, 15) is 14.0 Å². The van der Waals surface area contributed by atoms with Crippen molar-refractivity contribution in [2.24, 2.45) is 0 Å². The Kier molecular flexibility index (Phi) is 5.21. The minimum Gasteiger partial charge on any atom is -0.349 e. The smallest absolute Gasteiger partial charge is 0.254 e. The normalized spacial score (nSPS) is 23.4. The lowest BCUT2D eigenvalue weighted by atomic mass is 9.91. The monoisotopic (exact) mass is 447 g/mol. The number of amides is 2. The number of carbonyl (C=O) groups is 2. The van der Waals surface area contributed by atoms with Gasteiger partial charge in [0.15, 0.2) is 0 Å². The maximum Gasteiger partial charge on any atom is 0.254 e. The highest BCUT2D eigenvalue weighted by atomic mass is 19.1. The molecule has 4 aliphatic rings. The van der Waals surface area contributed by atoms with Crippen molar-refractivity contribution >= 4 is 11.8 Å². The van der Waals surface area contributed by atoms with Crippen molar-refractivity contribution in [3.8, 4) is 11.1 Å². The van der Waals surface area contributed by atoms with Crippen molar-refractivity contribution in [1.82, 2.24) is 15.1 Å². The summed E-state index contributed by atoms with van der Waals surface area (Å²) in [6.45, 7) is 2.82. The molecule has 1 N–H and O–H groups in total. The molecule has 6 heteroatoms. The lowest BCUT2D eigenvalue weighted by molar-refractivity contribution is 0.0646. The Bertz CT molecular complexity index is 1110. The molecule has 6 rings (SSSR count). The number of fused-ring (bicyclic) bond motifs is 1. The maximum absolute atomic E-state index is 14.9. The summed E-state index contributed by atoms with van der Waals surface area (Å²) in [5, 5.41) is 2.89. The van der Waals surface area contributed by atoms with E-state index in [2.05, 4.69) is 15.1 Å². The van der Waals surface area contributed by atoms with Gasteiger partial charge in [-0.15, -0.1) is 0 Å². The topological polar surface area (TPSA) is 52.7 Å². The van der Waals surface area contributed by atoms with Crippen LogP contribution in [0.2, 0.25) is 0 Å². The first-order valence-electron chi connectivity index (χ1n) is 12.4. The lowest BCUT2D eigenvalue weighted by Crippen LogP contribution is -2.47. The van der Waals surface area contributed by atoms with Crippen LogP contribution in [0.15, 0.2) is 36.4 Å². The molecule has 172 valence electrons. The SMILES string of the molecule is O=C(NC1CC1)c1ccc(-c2ccc3c(c2)CCN([C@@H]2CCN(C4CCC4)C2)C3=O)c(F)c1. The van der Waals surface area contributed by atoms with Crippen molar-refractivity contribution in [1.29, 1.82) is 0 Å². The minimum atomic E-state index is -0.413. The molecular weight excluding hydrogens is 417 g/mol. The molecule has 1 atom stereocenters. The van der Waals surface area contributed by atoms with Gasteiger partial charge in [-0.2, -0.15) is 0 Å². The van der Waals surface area contributed by atoms with Crippen LogP contribution in [0, 0.1) is 5.82 Å². The average molecular weight is 448 g/mol. The molecule has 2 saturated carbocycles. The molecule has 0 spiro atoms. The van der Waals surface area contributed by atoms with E-state index in [0.29, 0.717) is 17.2 Å². The molecule has 0 unspecified atom stereocenters. The van der Waals surface area contributed by atoms with Crippen molar-refractivity contribution in [3.63, 3.8) is 0 Å². The number of nitrogens with one attached hydrogen (secondary N) is 1. The third kappa shape index (κ3) is 3.95. The van der Waals surface area contributed by atoms with E-state index in [4.69, 9.17) is 0 Å². The number of hydrogen-bond acceptors (Lipinski definition) is 3. The molecule has 0 aromatic heterocycles. The van der Waals surface area contributed by atoms with Crippen molar-refractivity contribution in [2.75, 3.05) is 19.6 Å². The zero-order valence-corrected chi connectivity index (χ0v) is 18.9. The standard InChI is InChI=1S/C27H30FN3O2/c28-25-15-19(26(32)29-20-6-7-20)5-8-23(25)17-4-9-24-18(14-17)10-13-31(27(24)33)22-11-12-30(16-22)21-2-1-3-21/h4-5,8-9,14-15,20-22H,1-3,6-7,10-13,16H2,(H,29,32)/t22-/m1/s1. The van der Waals surface area contributed by atoms with Gasteiger partial charge < -0.3 is 10.2 Å². The van der Waals surface area contributed by atoms with Crippen LogP contribution in [-0.2, 0) is 6.42 Å². The fraction of sp³-hybridized carbons (Fsp3) is 0.481. The average Bonchev–Trinajstić information content (AvgIpc) is 3.47. The highest BCUT2D eigenvalue weighted by Crippen LogP contribution is 2.33. The van der Waals surface area contributed by atoms with Crippen LogP contribution in [0.4, 0.5) is 4.39 Å². The van der Waals surface area contributed by atoms with Crippen LogP contribution in [0.25, 0.3) is 11.1 Å². The van der Waals surface area contributed by atoms with Gasteiger partial charge >= 0.3 is 0 Å². The number of hydrogen-bond donors (Lipinski definition) is 1. The van der Waals surface area contributed by atoms with Crippen LogP contribution in [-0.4, -0.2) is 59.4 Å². The summed E-state index contributed by atoms with van der Waals surface area (Å²) in [5.41, 5.74) is 3.28.